The molecule has 0 saturated carbocycles. The topological polar surface area (TPSA) is 39.4 Å². The van der Waals surface area contributed by atoms with Crippen LogP contribution in [0.2, 0.25) is 0 Å². The van der Waals surface area contributed by atoms with E-state index in [4.69, 9.17) is 9.15 Å². The van der Waals surface area contributed by atoms with Crippen molar-refractivity contribution in [2.24, 2.45) is 0 Å². The average Bonchev–Trinajstić information content (AvgIpc) is 2.68. The van der Waals surface area contributed by atoms with Gasteiger partial charge in [-0.2, -0.15) is 0 Å². The molecular formula is C23H18O3. The zero-order valence-electron chi connectivity index (χ0n) is 14.4. The van der Waals surface area contributed by atoms with Gasteiger partial charge < -0.3 is 9.15 Å². The van der Waals surface area contributed by atoms with E-state index in [-0.39, 0.29) is 6.10 Å². The first kappa shape index (κ1) is 16.2. The third-order valence-electron chi connectivity index (χ3n) is 4.38. The van der Waals surface area contributed by atoms with Gasteiger partial charge in [-0.15, -0.1) is 0 Å². The molecule has 0 spiro atoms. The predicted molar refractivity (Wildman–Crippen MR) is 103 cm³/mol. The van der Waals surface area contributed by atoms with Crippen LogP contribution in [-0.4, -0.2) is 0 Å². The van der Waals surface area contributed by atoms with Gasteiger partial charge in [0.1, 0.15) is 17.4 Å². The fourth-order valence-corrected chi connectivity index (χ4v) is 3.11. The molecule has 1 aromatic heterocycles. The standard InChI is InChI=1S/C23H18O3/c1-16-9-8-14-19-20(15-21(24)26-22(16)19)25-23(17-10-4-2-5-11-17)18-12-6-3-7-13-18/h2-15,23H,1H3. The normalized spacial score (nSPS) is 11.0. The molecule has 26 heavy (non-hydrogen) atoms. The molecule has 0 unspecified atom stereocenters. The monoisotopic (exact) mass is 342 g/mol. The third-order valence-corrected chi connectivity index (χ3v) is 4.38. The Balaban J connectivity index is 1.86. The summed E-state index contributed by atoms with van der Waals surface area (Å²) >= 11 is 0. The molecule has 0 aliphatic heterocycles. The van der Waals surface area contributed by atoms with Crippen molar-refractivity contribution in [3.05, 3.63) is 112 Å². The quantitative estimate of drug-likeness (QED) is 0.474. The van der Waals surface area contributed by atoms with E-state index in [2.05, 4.69) is 0 Å². The summed E-state index contributed by atoms with van der Waals surface area (Å²) in [7, 11) is 0. The number of ether oxygens (including phenoxy) is 1. The highest BCUT2D eigenvalue weighted by Crippen LogP contribution is 2.33. The number of para-hydroxylation sites is 1. The number of aryl methyl sites for hydroxylation is 1. The zero-order chi connectivity index (χ0) is 17.9. The maximum atomic E-state index is 12.1. The van der Waals surface area contributed by atoms with Crippen LogP contribution in [0.1, 0.15) is 22.8 Å². The summed E-state index contributed by atoms with van der Waals surface area (Å²) in [5.74, 6) is 0.526. The van der Waals surface area contributed by atoms with Gasteiger partial charge >= 0.3 is 5.63 Å². The Bertz CT molecular complexity index is 1040. The highest BCUT2D eigenvalue weighted by atomic mass is 16.5. The Morgan fingerprint density at radius 3 is 2.04 bits per heavy atom. The van der Waals surface area contributed by atoms with Gasteiger partial charge in [0.05, 0.1) is 11.5 Å². The summed E-state index contributed by atoms with van der Waals surface area (Å²) < 4.78 is 11.8. The van der Waals surface area contributed by atoms with Crippen LogP contribution in [0.15, 0.2) is 94.1 Å². The van der Waals surface area contributed by atoms with Gasteiger partial charge in [-0.3, -0.25) is 0 Å². The van der Waals surface area contributed by atoms with E-state index >= 15 is 0 Å². The van der Waals surface area contributed by atoms with Gasteiger partial charge in [-0.25, -0.2) is 4.79 Å². The molecule has 0 amide bonds. The second-order valence-corrected chi connectivity index (χ2v) is 6.20. The molecule has 0 atom stereocenters. The molecule has 4 rings (SSSR count). The molecule has 128 valence electrons. The lowest BCUT2D eigenvalue weighted by atomic mass is 10.0. The van der Waals surface area contributed by atoms with Crippen LogP contribution in [0.4, 0.5) is 0 Å². The summed E-state index contributed by atoms with van der Waals surface area (Å²) in [6.07, 6.45) is -0.317. The summed E-state index contributed by atoms with van der Waals surface area (Å²) in [5.41, 5.74) is 3.10. The van der Waals surface area contributed by atoms with Crippen molar-refractivity contribution >= 4 is 11.0 Å². The molecule has 3 nitrogen and oxygen atoms in total. The molecule has 3 aromatic carbocycles. The Kier molecular flexibility index (Phi) is 4.28. The number of benzene rings is 3. The third kappa shape index (κ3) is 3.11. The van der Waals surface area contributed by atoms with E-state index in [1.165, 1.54) is 6.07 Å². The van der Waals surface area contributed by atoms with E-state index in [0.29, 0.717) is 11.3 Å². The van der Waals surface area contributed by atoms with Crippen molar-refractivity contribution in [3.63, 3.8) is 0 Å². The minimum atomic E-state index is -0.415. The number of hydrogen-bond donors (Lipinski definition) is 0. The van der Waals surface area contributed by atoms with Crippen LogP contribution in [0.3, 0.4) is 0 Å². The lowest BCUT2D eigenvalue weighted by Crippen LogP contribution is -2.11. The summed E-state index contributed by atoms with van der Waals surface area (Å²) in [6.45, 7) is 1.92. The molecule has 1 heterocycles. The summed E-state index contributed by atoms with van der Waals surface area (Å²) in [5, 5.41) is 0.793. The molecule has 0 bridgehead atoms. The fourth-order valence-electron chi connectivity index (χ4n) is 3.11. The van der Waals surface area contributed by atoms with Gasteiger partial charge in [-0.05, 0) is 29.7 Å². The Morgan fingerprint density at radius 2 is 1.42 bits per heavy atom. The highest BCUT2D eigenvalue weighted by Gasteiger charge is 2.18. The van der Waals surface area contributed by atoms with Crippen molar-refractivity contribution < 1.29 is 9.15 Å². The van der Waals surface area contributed by atoms with E-state index in [1.807, 2.05) is 85.8 Å². The smallest absolute Gasteiger partial charge is 0.339 e. The first-order valence-corrected chi connectivity index (χ1v) is 8.52. The average molecular weight is 342 g/mol. The number of hydrogen-bond acceptors (Lipinski definition) is 3. The molecule has 0 aliphatic carbocycles. The molecule has 0 radical (unpaired) electrons. The van der Waals surface area contributed by atoms with Crippen LogP contribution in [0.25, 0.3) is 11.0 Å². The zero-order valence-corrected chi connectivity index (χ0v) is 14.4. The number of fused-ring (bicyclic) bond motifs is 1. The fraction of sp³-hybridized carbons (Fsp3) is 0.0870. The van der Waals surface area contributed by atoms with Crippen LogP contribution in [-0.2, 0) is 0 Å². The second-order valence-electron chi connectivity index (χ2n) is 6.20. The SMILES string of the molecule is Cc1cccc2c(OC(c3ccccc3)c3ccccc3)cc(=O)oc12. The maximum Gasteiger partial charge on any atom is 0.339 e. The molecule has 4 aromatic rings. The van der Waals surface area contributed by atoms with Gasteiger partial charge in [0, 0.05) is 0 Å². The van der Waals surface area contributed by atoms with Crippen molar-refractivity contribution in [2.75, 3.05) is 0 Å². The largest absolute Gasteiger partial charge is 0.480 e. The van der Waals surface area contributed by atoms with Crippen molar-refractivity contribution in [1.29, 1.82) is 0 Å². The van der Waals surface area contributed by atoms with Gasteiger partial charge in [0.15, 0.2) is 0 Å². The van der Waals surface area contributed by atoms with E-state index in [0.717, 1.165) is 22.1 Å². The molecular weight excluding hydrogens is 324 g/mol. The van der Waals surface area contributed by atoms with Crippen LogP contribution >= 0.6 is 0 Å². The van der Waals surface area contributed by atoms with Crippen LogP contribution in [0.5, 0.6) is 5.75 Å². The molecule has 3 heteroatoms. The molecule has 0 aliphatic rings. The minimum absolute atomic E-state index is 0.317. The summed E-state index contributed by atoms with van der Waals surface area (Å²) in [4.78, 5) is 12.1. The number of rotatable bonds is 4. The van der Waals surface area contributed by atoms with E-state index in [1.54, 1.807) is 0 Å². The van der Waals surface area contributed by atoms with Gasteiger partial charge in [0.2, 0.25) is 0 Å². The second kappa shape index (κ2) is 6.89. The first-order valence-electron chi connectivity index (χ1n) is 8.52. The maximum absolute atomic E-state index is 12.1. The van der Waals surface area contributed by atoms with E-state index in [9.17, 15) is 4.79 Å². The molecule has 0 saturated heterocycles. The summed E-state index contributed by atoms with van der Waals surface area (Å²) in [6, 6.07) is 27.2. The Morgan fingerprint density at radius 1 is 0.808 bits per heavy atom. The lowest BCUT2D eigenvalue weighted by Gasteiger charge is -2.21. The predicted octanol–water partition coefficient (Wildman–Crippen LogP) is 5.27. The van der Waals surface area contributed by atoms with Crippen molar-refractivity contribution in [3.8, 4) is 5.75 Å². The Hall–Kier alpha value is -3.33. The first-order chi connectivity index (χ1) is 12.7. The molecule has 0 N–H and O–H groups in total. The lowest BCUT2D eigenvalue weighted by molar-refractivity contribution is 0.249. The van der Waals surface area contributed by atoms with Crippen LogP contribution in [0, 0.1) is 6.92 Å². The molecule has 0 fully saturated rings. The van der Waals surface area contributed by atoms with Crippen molar-refractivity contribution in [1.82, 2.24) is 0 Å². The van der Waals surface area contributed by atoms with E-state index < -0.39 is 5.63 Å². The highest BCUT2D eigenvalue weighted by molar-refractivity contribution is 5.85. The minimum Gasteiger partial charge on any atom is -0.480 e. The van der Waals surface area contributed by atoms with Gasteiger partial charge in [0.25, 0.3) is 0 Å². The van der Waals surface area contributed by atoms with Crippen LogP contribution < -0.4 is 10.4 Å². The van der Waals surface area contributed by atoms with Crippen molar-refractivity contribution in [2.45, 2.75) is 13.0 Å². The Labute approximate surface area is 151 Å². The van der Waals surface area contributed by atoms with Gasteiger partial charge in [-0.1, -0.05) is 72.8 Å².